The van der Waals surface area contributed by atoms with Crippen molar-refractivity contribution in [1.82, 2.24) is 0 Å². The number of nitrogens with one attached hydrogen (secondary N) is 2. The molecule has 2 nitrogen and oxygen atoms in total. The van der Waals surface area contributed by atoms with Crippen LogP contribution in [0.2, 0.25) is 0 Å². The Balaban J connectivity index is 2.51. The zero-order chi connectivity index (χ0) is 14.0. The highest BCUT2D eigenvalue weighted by atomic mass is 15.0. The molecule has 2 N–H and O–H groups in total. The highest BCUT2D eigenvalue weighted by Gasteiger charge is 2.12. The van der Waals surface area contributed by atoms with E-state index >= 15 is 0 Å². The maximum absolute atomic E-state index is 3.58. The fourth-order valence-corrected chi connectivity index (χ4v) is 2.26. The molecule has 2 aromatic rings. The van der Waals surface area contributed by atoms with E-state index in [9.17, 15) is 0 Å². The summed E-state index contributed by atoms with van der Waals surface area (Å²) < 4.78 is 0. The molecule has 0 aliphatic rings. The Morgan fingerprint density at radius 3 is 1.89 bits per heavy atom. The van der Waals surface area contributed by atoms with Crippen molar-refractivity contribution in [2.24, 2.45) is 0 Å². The lowest BCUT2D eigenvalue weighted by atomic mass is 10.0. The first-order chi connectivity index (χ1) is 8.87. The van der Waals surface area contributed by atoms with Crippen molar-refractivity contribution >= 4 is 22.1 Å². The SMILES string of the molecule is CC(C)Nc1cccc2c(NC(C)(C)C)cccc12. The van der Waals surface area contributed by atoms with Crippen LogP contribution < -0.4 is 10.6 Å². The molecule has 0 fully saturated rings. The van der Waals surface area contributed by atoms with Crippen LogP contribution in [0.15, 0.2) is 36.4 Å². The van der Waals surface area contributed by atoms with E-state index in [2.05, 4.69) is 81.7 Å². The van der Waals surface area contributed by atoms with E-state index in [1.54, 1.807) is 0 Å². The molecule has 19 heavy (non-hydrogen) atoms. The van der Waals surface area contributed by atoms with E-state index in [-0.39, 0.29) is 5.54 Å². The lowest BCUT2D eigenvalue weighted by Gasteiger charge is -2.24. The first kappa shape index (κ1) is 13.7. The number of anilines is 2. The number of rotatable bonds is 3. The van der Waals surface area contributed by atoms with Gasteiger partial charge in [0.25, 0.3) is 0 Å². The van der Waals surface area contributed by atoms with Crippen molar-refractivity contribution in [2.75, 3.05) is 10.6 Å². The number of benzene rings is 2. The van der Waals surface area contributed by atoms with E-state index in [0.29, 0.717) is 6.04 Å². The van der Waals surface area contributed by atoms with E-state index in [1.165, 1.54) is 22.1 Å². The third-order valence-electron chi connectivity index (χ3n) is 2.88. The van der Waals surface area contributed by atoms with Gasteiger partial charge in [0.1, 0.15) is 0 Å². The Bertz CT molecular complexity index is 565. The van der Waals surface area contributed by atoms with Gasteiger partial charge in [-0.2, -0.15) is 0 Å². The molecule has 0 atom stereocenters. The molecule has 0 amide bonds. The van der Waals surface area contributed by atoms with Crippen LogP contribution in [0.5, 0.6) is 0 Å². The van der Waals surface area contributed by atoms with Crippen LogP contribution in [0, 0.1) is 0 Å². The van der Waals surface area contributed by atoms with Gasteiger partial charge in [0.2, 0.25) is 0 Å². The summed E-state index contributed by atoms with van der Waals surface area (Å²) in [4.78, 5) is 0. The van der Waals surface area contributed by atoms with Gasteiger partial charge in [0.15, 0.2) is 0 Å². The lowest BCUT2D eigenvalue weighted by molar-refractivity contribution is 0.635. The molecule has 2 heteroatoms. The zero-order valence-electron chi connectivity index (χ0n) is 12.5. The Hall–Kier alpha value is -1.70. The third kappa shape index (κ3) is 3.40. The summed E-state index contributed by atoms with van der Waals surface area (Å²) in [6, 6.07) is 13.3. The normalized spacial score (nSPS) is 11.9. The molecule has 102 valence electrons. The van der Waals surface area contributed by atoms with Gasteiger partial charge < -0.3 is 10.6 Å². The van der Waals surface area contributed by atoms with Gasteiger partial charge in [-0.25, -0.2) is 0 Å². The predicted molar refractivity (Wildman–Crippen MR) is 86.1 cm³/mol. The second kappa shape index (κ2) is 5.12. The van der Waals surface area contributed by atoms with E-state index in [0.717, 1.165) is 0 Å². The van der Waals surface area contributed by atoms with Crippen molar-refractivity contribution in [2.45, 2.75) is 46.2 Å². The molecule has 0 aliphatic carbocycles. The summed E-state index contributed by atoms with van der Waals surface area (Å²) in [6.07, 6.45) is 0. The number of hydrogen-bond donors (Lipinski definition) is 2. The number of hydrogen-bond acceptors (Lipinski definition) is 2. The Kier molecular flexibility index (Phi) is 3.70. The topological polar surface area (TPSA) is 24.1 Å². The summed E-state index contributed by atoms with van der Waals surface area (Å²) >= 11 is 0. The van der Waals surface area contributed by atoms with Crippen LogP contribution in [0.3, 0.4) is 0 Å². The van der Waals surface area contributed by atoms with Gasteiger partial charge in [0, 0.05) is 33.7 Å². The molecule has 0 unspecified atom stereocenters. The Morgan fingerprint density at radius 2 is 1.37 bits per heavy atom. The molecule has 0 aromatic heterocycles. The van der Waals surface area contributed by atoms with E-state index in [4.69, 9.17) is 0 Å². The standard InChI is InChI=1S/C17H24N2/c1-12(2)18-15-10-6-9-14-13(15)8-7-11-16(14)19-17(3,4)5/h6-12,18-19H,1-5H3. The predicted octanol–water partition coefficient (Wildman–Crippen LogP) is 4.87. The highest BCUT2D eigenvalue weighted by molar-refractivity contribution is 6.01. The average molecular weight is 256 g/mol. The second-order valence-corrected chi connectivity index (χ2v) is 6.38. The number of fused-ring (bicyclic) bond motifs is 1. The Labute approximate surface area is 116 Å². The molecule has 0 saturated carbocycles. The van der Waals surface area contributed by atoms with Gasteiger partial charge in [-0.3, -0.25) is 0 Å². The van der Waals surface area contributed by atoms with E-state index in [1.807, 2.05) is 0 Å². The summed E-state index contributed by atoms with van der Waals surface area (Å²) in [5, 5.41) is 9.62. The van der Waals surface area contributed by atoms with Gasteiger partial charge in [-0.05, 0) is 46.8 Å². The minimum atomic E-state index is 0.0652. The molecule has 2 rings (SSSR count). The van der Waals surface area contributed by atoms with Crippen molar-refractivity contribution < 1.29 is 0 Å². The van der Waals surface area contributed by atoms with Gasteiger partial charge in [0.05, 0.1) is 0 Å². The lowest BCUT2D eigenvalue weighted by Crippen LogP contribution is -2.26. The molecule has 0 radical (unpaired) electrons. The first-order valence-corrected chi connectivity index (χ1v) is 6.93. The minimum absolute atomic E-state index is 0.0652. The van der Waals surface area contributed by atoms with Crippen LogP contribution in [0.1, 0.15) is 34.6 Å². The van der Waals surface area contributed by atoms with Crippen LogP contribution in [-0.2, 0) is 0 Å². The van der Waals surface area contributed by atoms with Crippen molar-refractivity contribution in [3.05, 3.63) is 36.4 Å². The van der Waals surface area contributed by atoms with E-state index < -0.39 is 0 Å². The van der Waals surface area contributed by atoms with Crippen LogP contribution in [-0.4, -0.2) is 11.6 Å². The maximum Gasteiger partial charge on any atom is 0.0424 e. The molecule has 0 aliphatic heterocycles. The summed E-state index contributed by atoms with van der Waals surface area (Å²) in [6.45, 7) is 10.9. The monoisotopic (exact) mass is 256 g/mol. The Morgan fingerprint density at radius 1 is 0.842 bits per heavy atom. The van der Waals surface area contributed by atoms with Crippen LogP contribution in [0.4, 0.5) is 11.4 Å². The smallest absolute Gasteiger partial charge is 0.0424 e. The van der Waals surface area contributed by atoms with Crippen LogP contribution >= 0.6 is 0 Å². The maximum atomic E-state index is 3.58. The second-order valence-electron chi connectivity index (χ2n) is 6.38. The fourth-order valence-electron chi connectivity index (χ4n) is 2.26. The molecular formula is C17H24N2. The molecule has 0 heterocycles. The van der Waals surface area contributed by atoms with Gasteiger partial charge >= 0.3 is 0 Å². The molecule has 0 saturated heterocycles. The van der Waals surface area contributed by atoms with Gasteiger partial charge in [-0.1, -0.05) is 24.3 Å². The molecule has 0 spiro atoms. The average Bonchev–Trinajstić information content (AvgIpc) is 2.27. The summed E-state index contributed by atoms with van der Waals surface area (Å²) in [7, 11) is 0. The molecule has 0 bridgehead atoms. The summed E-state index contributed by atoms with van der Waals surface area (Å²) in [5.74, 6) is 0. The van der Waals surface area contributed by atoms with Crippen molar-refractivity contribution in [1.29, 1.82) is 0 Å². The molecular weight excluding hydrogens is 232 g/mol. The highest BCUT2D eigenvalue weighted by Crippen LogP contribution is 2.31. The minimum Gasteiger partial charge on any atom is -0.382 e. The largest absolute Gasteiger partial charge is 0.382 e. The fraction of sp³-hybridized carbons (Fsp3) is 0.412. The molecule has 2 aromatic carbocycles. The van der Waals surface area contributed by atoms with Crippen molar-refractivity contribution in [3.8, 4) is 0 Å². The van der Waals surface area contributed by atoms with Crippen molar-refractivity contribution in [3.63, 3.8) is 0 Å². The zero-order valence-corrected chi connectivity index (χ0v) is 12.5. The van der Waals surface area contributed by atoms with Gasteiger partial charge in [-0.15, -0.1) is 0 Å². The first-order valence-electron chi connectivity index (χ1n) is 6.93. The quantitative estimate of drug-likeness (QED) is 0.818. The summed E-state index contributed by atoms with van der Waals surface area (Å²) in [5.41, 5.74) is 2.46. The third-order valence-corrected chi connectivity index (χ3v) is 2.88. The van der Waals surface area contributed by atoms with Crippen LogP contribution in [0.25, 0.3) is 10.8 Å².